The molecule has 1 aromatic heterocycles. The van der Waals surface area contributed by atoms with Gasteiger partial charge in [0, 0.05) is 0 Å². The third kappa shape index (κ3) is 4.54. The van der Waals surface area contributed by atoms with Gasteiger partial charge in [0.25, 0.3) is 0 Å². The minimum atomic E-state index is -0.964. The van der Waals surface area contributed by atoms with Gasteiger partial charge in [-0.15, -0.1) is 0 Å². The number of ether oxygens (including phenoxy) is 2. The van der Waals surface area contributed by atoms with Crippen LogP contribution in [0.3, 0.4) is 0 Å². The minimum Gasteiger partial charge on any atom is -0.490 e. The van der Waals surface area contributed by atoms with Crippen molar-refractivity contribution in [2.24, 2.45) is 0 Å². The molecule has 7 nitrogen and oxygen atoms in total. The summed E-state index contributed by atoms with van der Waals surface area (Å²) in [7, 11) is 0. The predicted octanol–water partition coefficient (Wildman–Crippen LogP) is 4.96. The second kappa shape index (κ2) is 8.87. The number of hydrogen-bond donors (Lipinski definition) is 1. The molecule has 2 aromatic carbocycles. The second-order valence-corrected chi connectivity index (χ2v) is 7.43. The fourth-order valence-electron chi connectivity index (χ4n) is 3.80. The van der Waals surface area contributed by atoms with Gasteiger partial charge in [-0.3, -0.25) is 4.79 Å². The minimum absolute atomic E-state index is 0.123. The van der Waals surface area contributed by atoms with Crippen LogP contribution < -0.4 is 9.47 Å². The maximum absolute atomic E-state index is 11.3. The molecule has 0 aliphatic heterocycles. The van der Waals surface area contributed by atoms with E-state index in [1.807, 2.05) is 24.3 Å². The van der Waals surface area contributed by atoms with Gasteiger partial charge in [-0.05, 0) is 62.1 Å². The molecule has 7 heteroatoms. The van der Waals surface area contributed by atoms with E-state index in [0.29, 0.717) is 34.4 Å². The summed E-state index contributed by atoms with van der Waals surface area (Å²) in [5.41, 5.74) is 1.71. The zero-order chi connectivity index (χ0) is 20.9. The van der Waals surface area contributed by atoms with Gasteiger partial charge >= 0.3 is 5.97 Å². The Kier molecular flexibility index (Phi) is 5.84. The van der Waals surface area contributed by atoms with Gasteiger partial charge in [0.05, 0.1) is 23.7 Å². The number of fused-ring (bicyclic) bond motifs is 1. The normalized spacial score (nSPS) is 14.4. The highest BCUT2D eigenvalue weighted by atomic mass is 16.5. The first-order valence-corrected chi connectivity index (χ1v) is 10.1. The number of aliphatic carboxylic acids is 1. The van der Waals surface area contributed by atoms with Crippen LogP contribution in [-0.4, -0.2) is 26.7 Å². The molecule has 0 unspecified atom stereocenters. The molecule has 0 amide bonds. The predicted molar refractivity (Wildman–Crippen MR) is 112 cm³/mol. The first kappa shape index (κ1) is 19.8. The molecule has 0 spiro atoms. The van der Waals surface area contributed by atoms with Crippen LogP contribution in [0.5, 0.6) is 11.5 Å². The lowest BCUT2D eigenvalue weighted by molar-refractivity contribution is -0.137. The zero-order valence-corrected chi connectivity index (χ0v) is 16.6. The Morgan fingerprint density at radius 2 is 1.87 bits per heavy atom. The van der Waals surface area contributed by atoms with Gasteiger partial charge in [0.15, 0.2) is 5.69 Å². The van der Waals surface area contributed by atoms with Gasteiger partial charge in [-0.1, -0.05) is 12.5 Å². The average Bonchev–Trinajstić information content (AvgIpc) is 3.10. The third-order valence-electron chi connectivity index (χ3n) is 5.28. The summed E-state index contributed by atoms with van der Waals surface area (Å²) < 4.78 is 13.5. The largest absolute Gasteiger partial charge is 0.490 e. The van der Waals surface area contributed by atoms with Crippen LogP contribution in [0.25, 0.3) is 15.9 Å². The van der Waals surface area contributed by atoms with Crippen molar-refractivity contribution in [3.63, 3.8) is 0 Å². The lowest BCUT2D eigenvalue weighted by Gasteiger charge is -2.23. The van der Waals surface area contributed by atoms with Crippen molar-refractivity contribution >= 4 is 22.7 Å². The van der Waals surface area contributed by atoms with E-state index < -0.39 is 5.97 Å². The van der Waals surface area contributed by atoms with E-state index in [9.17, 15) is 9.90 Å². The van der Waals surface area contributed by atoms with Crippen LogP contribution in [0.4, 0.5) is 5.69 Å². The molecule has 1 heterocycles. The summed E-state index contributed by atoms with van der Waals surface area (Å²) in [6.07, 6.45) is 6.24. The molecule has 1 fully saturated rings. The molecule has 154 valence electrons. The smallest absolute Gasteiger partial charge is 0.323 e. The van der Waals surface area contributed by atoms with Crippen LogP contribution in [0.1, 0.15) is 37.9 Å². The zero-order valence-electron chi connectivity index (χ0n) is 16.6. The molecule has 1 aliphatic rings. The second-order valence-electron chi connectivity index (χ2n) is 7.43. The molecule has 0 saturated heterocycles. The Morgan fingerprint density at radius 1 is 1.13 bits per heavy atom. The quantitative estimate of drug-likeness (QED) is 0.562. The van der Waals surface area contributed by atoms with Crippen LogP contribution >= 0.6 is 0 Å². The number of carboxylic acid groups (broad SMARTS) is 1. The Hall–Kier alpha value is -3.53. The van der Waals surface area contributed by atoms with Crippen molar-refractivity contribution in [1.82, 2.24) is 9.55 Å². The summed E-state index contributed by atoms with van der Waals surface area (Å²) in [4.78, 5) is 19.2. The SMILES string of the molecule is [C-]#[N+]c1ccc2c(c1)nc(COc1ccc(OC3CCCCC3)cc1)n2CC(=O)O. The number of hydrogen-bond acceptors (Lipinski definition) is 4. The number of benzene rings is 2. The van der Waals surface area contributed by atoms with E-state index in [1.54, 1.807) is 22.8 Å². The number of carboxylic acids is 1. The summed E-state index contributed by atoms with van der Waals surface area (Å²) in [5, 5.41) is 9.27. The number of aromatic nitrogens is 2. The first-order chi connectivity index (χ1) is 14.6. The molecule has 0 atom stereocenters. The van der Waals surface area contributed by atoms with Crippen molar-refractivity contribution < 1.29 is 19.4 Å². The summed E-state index contributed by atoms with van der Waals surface area (Å²) >= 11 is 0. The van der Waals surface area contributed by atoms with Crippen LogP contribution in [0.15, 0.2) is 42.5 Å². The highest BCUT2D eigenvalue weighted by Gasteiger charge is 2.16. The topological polar surface area (TPSA) is 77.9 Å². The van der Waals surface area contributed by atoms with E-state index in [1.165, 1.54) is 19.3 Å². The summed E-state index contributed by atoms with van der Waals surface area (Å²) in [6.45, 7) is 7.05. The molecule has 1 saturated carbocycles. The Labute approximate surface area is 174 Å². The van der Waals surface area contributed by atoms with E-state index in [4.69, 9.17) is 16.0 Å². The Bertz CT molecular complexity index is 1080. The maximum atomic E-state index is 11.3. The molecular formula is C23H23N3O4. The molecule has 0 bridgehead atoms. The molecule has 3 aromatic rings. The van der Waals surface area contributed by atoms with E-state index >= 15 is 0 Å². The summed E-state index contributed by atoms with van der Waals surface area (Å²) in [6, 6.07) is 12.5. The maximum Gasteiger partial charge on any atom is 0.323 e. The molecule has 30 heavy (non-hydrogen) atoms. The molecular weight excluding hydrogens is 382 g/mol. The fourth-order valence-corrected chi connectivity index (χ4v) is 3.80. The van der Waals surface area contributed by atoms with Crippen LogP contribution in [-0.2, 0) is 17.9 Å². The van der Waals surface area contributed by atoms with Crippen molar-refractivity contribution in [2.45, 2.75) is 51.4 Å². The van der Waals surface area contributed by atoms with E-state index in [0.717, 1.165) is 18.6 Å². The summed E-state index contributed by atoms with van der Waals surface area (Å²) in [5.74, 6) is 1.02. The van der Waals surface area contributed by atoms with Crippen molar-refractivity contribution in [3.05, 3.63) is 59.7 Å². The lowest BCUT2D eigenvalue weighted by Crippen LogP contribution is -2.19. The number of nitrogens with zero attached hydrogens (tertiary/aromatic N) is 3. The van der Waals surface area contributed by atoms with Crippen molar-refractivity contribution in [1.29, 1.82) is 0 Å². The van der Waals surface area contributed by atoms with Crippen LogP contribution in [0, 0.1) is 6.57 Å². The van der Waals surface area contributed by atoms with Gasteiger partial charge < -0.3 is 19.1 Å². The van der Waals surface area contributed by atoms with Gasteiger partial charge in [-0.2, -0.15) is 0 Å². The monoisotopic (exact) mass is 405 g/mol. The molecule has 1 N–H and O–H groups in total. The molecule has 1 aliphatic carbocycles. The first-order valence-electron chi connectivity index (χ1n) is 10.1. The number of rotatable bonds is 7. The number of imidazole rings is 1. The van der Waals surface area contributed by atoms with Crippen molar-refractivity contribution in [2.75, 3.05) is 0 Å². The molecule has 4 rings (SSSR count). The molecule has 0 radical (unpaired) electrons. The highest BCUT2D eigenvalue weighted by Crippen LogP contribution is 2.26. The van der Waals surface area contributed by atoms with Gasteiger partial charge in [0.1, 0.15) is 30.5 Å². The van der Waals surface area contributed by atoms with Crippen molar-refractivity contribution in [3.8, 4) is 11.5 Å². The van der Waals surface area contributed by atoms with E-state index in [2.05, 4.69) is 9.83 Å². The standard InChI is InChI=1S/C23H23N3O4/c1-24-16-7-12-21-20(13-16)25-22(26(21)14-23(27)28)15-29-17-8-10-19(11-9-17)30-18-5-3-2-4-6-18/h7-13,18H,2-6,14-15H2,(H,27,28). The average molecular weight is 405 g/mol. The Morgan fingerprint density at radius 3 is 2.57 bits per heavy atom. The van der Waals surface area contributed by atoms with Gasteiger partial charge in [-0.25, -0.2) is 9.83 Å². The van der Waals surface area contributed by atoms with Crippen LogP contribution in [0.2, 0.25) is 0 Å². The van der Waals surface area contributed by atoms with E-state index in [-0.39, 0.29) is 13.2 Å². The van der Waals surface area contributed by atoms with Gasteiger partial charge in [0.2, 0.25) is 0 Å². The Balaban J connectivity index is 1.47. The fraction of sp³-hybridized carbons (Fsp3) is 0.348. The third-order valence-corrected chi connectivity index (χ3v) is 5.28. The highest BCUT2D eigenvalue weighted by molar-refractivity contribution is 5.82. The lowest BCUT2D eigenvalue weighted by atomic mass is 9.98. The number of carbonyl (C=O) groups is 1.